The second-order valence-electron chi connectivity index (χ2n) is 6.92. The highest BCUT2D eigenvalue weighted by Gasteiger charge is 2.15. The van der Waals surface area contributed by atoms with Gasteiger partial charge in [-0.3, -0.25) is 0 Å². The zero-order valence-electron chi connectivity index (χ0n) is 15.5. The molecular formula is C24H26O2. The Hall–Kier alpha value is -2.58. The average molecular weight is 346 g/mol. The van der Waals surface area contributed by atoms with Crippen molar-refractivity contribution < 1.29 is 9.84 Å². The van der Waals surface area contributed by atoms with E-state index in [1.165, 1.54) is 16.7 Å². The van der Waals surface area contributed by atoms with Crippen molar-refractivity contribution in [2.75, 3.05) is 6.61 Å². The predicted molar refractivity (Wildman–Crippen MR) is 107 cm³/mol. The van der Waals surface area contributed by atoms with Crippen LogP contribution in [-0.2, 0) is 13.0 Å². The summed E-state index contributed by atoms with van der Waals surface area (Å²) < 4.78 is 6.18. The van der Waals surface area contributed by atoms with Gasteiger partial charge in [0.2, 0.25) is 0 Å². The van der Waals surface area contributed by atoms with Crippen molar-refractivity contribution in [2.45, 2.75) is 26.9 Å². The maximum Gasteiger partial charge on any atom is 0.123 e. The zero-order chi connectivity index (χ0) is 18.4. The first-order valence-electron chi connectivity index (χ1n) is 9.14. The molecule has 1 atom stereocenters. The molecule has 26 heavy (non-hydrogen) atoms. The predicted octanol–water partition coefficient (Wildman–Crippen LogP) is 5.41. The van der Waals surface area contributed by atoms with Gasteiger partial charge in [-0.05, 0) is 42.0 Å². The van der Waals surface area contributed by atoms with Crippen LogP contribution in [0.15, 0.2) is 72.8 Å². The molecule has 0 heterocycles. The number of rotatable bonds is 7. The number of hydrogen-bond donors (Lipinski definition) is 1. The van der Waals surface area contributed by atoms with Crippen LogP contribution in [0.3, 0.4) is 0 Å². The molecule has 0 aliphatic rings. The Kier molecular flexibility index (Phi) is 6.08. The third-order valence-electron chi connectivity index (χ3n) is 4.56. The van der Waals surface area contributed by atoms with Gasteiger partial charge in [0, 0.05) is 12.2 Å². The van der Waals surface area contributed by atoms with Crippen molar-refractivity contribution in [1.82, 2.24) is 0 Å². The third-order valence-corrected chi connectivity index (χ3v) is 4.56. The summed E-state index contributed by atoms with van der Waals surface area (Å²) in [7, 11) is 0. The van der Waals surface area contributed by atoms with E-state index in [4.69, 9.17) is 4.74 Å². The molecule has 1 unspecified atom stereocenters. The van der Waals surface area contributed by atoms with Crippen LogP contribution in [0.25, 0.3) is 11.1 Å². The maximum absolute atomic E-state index is 9.56. The monoisotopic (exact) mass is 346 g/mol. The molecule has 3 aromatic carbocycles. The fraction of sp³-hybridized carbons (Fsp3) is 0.250. The number of aliphatic hydroxyl groups is 1. The minimum absolute atomic E-state index is 0.167. The van der Waals surface area contributed by atoms with Gasteiger partial charge in [0.1, 0.15) is 12.4 Å². The van der Waals surface area contributed by atoms with Gasteiger partial charge in [0.05, 0.1) is 0 Å². The highest BCUT2D eigenvalue weighted by atomic mass is 16.5. The van der Waals surface area contributed by atoms with E-state index in [0.717, 1.165) is 23.3 Å². The molecule has 0 amide bonds. The minimum atomic E-state index is 0.167. The van der Waals surface area contributed by atoms with Gasteiger partial charge < -0.3 is 9.84 Å². The van der Waals surface area contributed by atoms with Crippen LogP contribution in [-0.4, -0.2) is 11.7 Å². The first-order chi connectivity index (χ1) is 12.7. The lowest BCUT2D eigenvalue weighted by Gasteiger charge is -2.18. The second kappa shape index (κ2) is 8.68. The number of hydrogen-bond acceptors (Lipinski definition) is 2. The SMILES string of the molecule is Cc1cccc(-c2cccc(OCc3ccccc3)c2CC(C)CO)c1. The summed E-state index contributed by atoms with van der Waals surface area (Å²) in [5.74, 6) is 1.08. The molecule has 2 nitrogen and oxygen atoms in total. The van der Waals surface area contributed by atoms with E-state index in [1.807, 2.05) is 30.3 Å². The van der Waals surface area contributed by atoms with E-state index in [-0.39, 0.29) is 12.5 Å². The van der Waals surface area contributed by atoms with Gasteiger partial charge in [0.15, 0.2) is 0 Å². The van der Waals surface area contributed by atoms with E-state index >= 15 is 0 Å². The Morgan fingerprint density at radius 2 is 1.69 bits per heavy atom. The number of ether oxygens (including phenoxy) is 1. The molecule has 1 N–H and O–H groups in total. The van der Waals surface area contributed by atoms with Crippen molar-refractivity contribution in [3.05, 3.63) is 89.5 Å². The van der Waals surface area contributed by atoms with Gasteiger partial charge in [-0.25, -0.2) is 0 Å². The second-order valence-corrected chi connectivity index (χ2v) is 6.92. The molecule has 134 valence electrons. The van der Waals surface area contributed by atoms with Crippen molar-refractivity contribution in [1.29, 1.82) is 0 Å². The van der Waals surface area contributed by atoms with E-state index < -0.39 is 0 Å². The Bertz CT molecular complexity index is 840. The largest absolute Gasteiger partial charge is 0.489 e. The molecule has 0 bridgehead atoms. The number of aryl methyl sites for hydroxylation is 1. The van der Waals surface area contributed by atoms with Gasteiger partial charge >= 0.3 is 0 Å². The maximum atomic E-state index is 9.56. The van der Waals surface area contributed by atoms with Gasteiger partial charge in [-0.15, -0.1) is 0 Å². The van der Waals surface area contributed by atoms with Crippen molar-refractivity contribution in [2.24, 2.45) is 5.92 Å². The molecule has 0 aromatic heterocycles. The van der Waals surface area contributed by atoms with Crippen LogP contribution in [0.2, 0.25) is 0 Å². The Morgan fingerprint density at radius 3 is 2.42 bits per heavy atom. The van der Waals surface area contributed by atoms with Crippen molar-refractivity contribution in [3.63, 3.8) is 0 Å². The lowest BCUT2D eigenvalue weighted by Crippen LogP contribution is -2.08. The zero-order valence-corrected chi connectivity index (χ0v) is 15.5. The molecule has 0 saturated carbocycles. The smallest absolute Gasteiger partial charge is 0.123 e. The summed E-state index contributed by atoms with van der Waals surface area (Å²) in [6.45, 7) is 4.88. The van der Waals surface area contributed by atoms with Crippen molar-refractivity contribution in [3.8, 4) is 16.9 Å². The first kappa shape index (κ1) is 18.2. The number of aliphatic hydroxyl groups excluding tert-OH is 1. The van der Waals surface area contributed by atoms with Gasteiger partial charge in [-0.1, -0.05) is 79.2 Å². The summed E-state index contributed by atoms with van der Waals surface area (Å²) in [6, 6.07) is 24.9. The highest BCUT2D eigenvalue weighted by molar-refractivity contribution is 5.70. The molecule has 3 aromatic rings. The summed E-state index contributed by atoms with van der Waals surface area (Å²) in [5.41, 5.74) is 5.92. The lowest BCUT2D eigenvalue weighted by atomic mass is 9.92. The fourth-order valence-corrected chi connectivity index (χ4v) is 3.14. The van der Waals surface area contributed by atoms with Gasteiger partial charge in [0.25, 0.3) is 0 Å². The lowest BCUT2D eigenvalue weighted by molar-refractivity contribution is 0.234. The van der Waals surface area contributed by atoms with E-state index in [9.17, 15) is 5.11 Å². The van der Waals surface area contributed by atoms with Crippen LogP contribution in [0.1, 0.15) is 23.6 Å². The van der Waals surface area contributed by atoms with Crippen LogP contribution in [0.4, 0.5) is 0 Å². The Labute approximate surface area is 156 Å². The average Bonchev–Trinajstić information content (AvgIpc) is 2.67. The van der Waals surface area contributed by atoms with E-state index in [0.29, 0.717) is 6.61 Å². The third kappa shape index (κ3) is 4.53. The minimum Gasteiger partial charge on any atom is -0.489 e. The highest BCUT2D eigenvalue weighted by Crippen LogP contribution is 2.33. The molecule has 0 spiro atoms. The quantitative estimate of drug-likeness (QED) is 0.619. The molecule has 0 aliphatic carbocycles. The van der Waals surface area contributed by atoms with Crippen LogP contribution >= 0.6 is 0 Å². The molecule has 0 fully saturated rings. The summed E-state index contributed by atoms with van der Waals surface area (Å²) in [4.78, 5) is 0. The van der Waals surface area contributed by atoms with Crippen LogP contribution in [0, 0.1) is 12.8 Å². The first-order valence-corrected chi connectivity index (χ1v) is 9.14. The Morgan fingerprint density at radius 1 is 0.923 bits per heavy atom. The molecule has 3 rings (SSSR count). The Balaban J connectivity index is 1.96. The molecule has 2 heteroatoms. The topological polar surface area (TPSA) is 29.5 Å². The van der Waals surface area contributed by atoms with E-state index in [1.54, 1.807) is 0 Å². The fourth-order valence-electron chi connectivity index (χ4n) is 3.14. The standard InChI is InChI=1S/C24H26O2/c1-18-8-6-11-21(14-18)22-12-7-13-24(23(22)15-19(2)16-25)26-17-20-9-4-3-5-10-20/h3-14,19,25H,15-17H2,1-2H3. The normalized spacial score (nSPS) is 12.0. The summed E-state index contributed by atoms with van der Waals surface area (Å²) >= 11 is 0. The van der Waals surface area contributed by atoms with Crippen LogP contribution in [0.5, 0.6) is 5.75 Å². The van der Waals surface area contributed by atoms with Gasteiger partial charge in [-0.2, -0.15) is 0 Å². The summed E-state index contributed by atoms with van der Waals surface area (Å²) in [6.07, 6.45) is 0.782. The molecule has 0 saturated heterocycles. The van der Waals surface area contributed by atoms with Crippen LogP contribution < -0.4 is 4.74 Å². The molecular weight excluding hydrogens is 320 g/mol. The van der Waals surface area contributed by atoms with E-state index in [2.05, 4.69) is 56.3 Å². The van der Waals surface area contributed by atoms with Crippen molar-refractivity contribution >= 4 is 0 Å². The molecule has 0 aliphatic heterocycles. The molecule has 0 radical (unpaired) electrons. The number of benzene rings is 3. The summed E-state index contributed by atoms with van der Waals surface area (Å²) in [5, 5.41) is 9.56.